The number of aromatic nitrogens is 1. The summed E-state index contributed by atoms with van der Waals surface area (Å²) < 4.78 is 20.2. The Bertz CT molecular complexity index is 877. The lowest BCUT2D eigenvalue weighted by atomic mass is 10.1. The molecule has 2 heterocycles. The van der Waals surface area contributed by atoms with Gasteiger partial charge in [0.25, 0.3) is 0 Å². The molecule has 0 unspecified atom stereocenters. The first-order valence-electron chi connectivity index (χ1n) is 8.17. The fourth-order valence-corrected chi connectivity index (χ4v) is 3.13. The summed E-state index contributed by atoms with van der Waals surface area (Å²) in [5.41, 5.74) is 4.06. The third-order valence-corrected chi connectivity index (χ3v) is 4.50. The maximum atomic E-state index is 14.3. The third-order valence-electron chi connectivity index (χ3n) is 4.50. The summed E-state index contributed by atoms with van der Waals surface area (Å²) in [6.45, 7) is 4.16. The van der Waals surface area contributed by atoms with Crippen molar-refractivity contribution in [2.24, 2.45) is 0 Å². The largest absolute Gasteiger partial charge is 0.475 e. The molecule has 122 valence electrons. The van der Waals surface area contributed by atoms with Gasteiger partial charge in [-0.25, -0.2) is 4.39 Å². The monoisotopic (exact) mass is 322 g/mol. The second-order valence-corrected chi connectivity index (χ2v) is 6.31. The van der Waals surface area contributed by atoms with Crippen LogP contribution in [0.4, 0.5) is 4.39 Å². The van der Waals surface area contributed by atoms with E-state index in [2.05, 4.69) is 41.1 Å². The fraction of sp³-hybridized carbons (Fsp3) is 0.250. The van der Waals surface area contributed by atoms with Crippen LogP contribution in [0.2, 0.25) is 0 Å². The Hall–Kier alpha value is -2.46. The fourth-order valence-electron chi connectivity index (χ4n) is 3.13. The van der Waals surface area contributed by atoms with Crippen LogP contribution in [0.1, 0.15) is 16.7 Å². The Kier molecular flexibility index (Phi) is 3.90. The minimum atomic E-state index is -0.235. The zero-order valence-corrected chi connectivity index (χ0v) is 13.6. The number of rotatable bonds is 3. The summed E-state index contributed by atoms with van der Waals surface area (Å²) in [4.78, 5) is 6.49. The van der Waals surface area contributed by atoms with Crippen molar-refractivity contribution in [1.29, 1.82) is 0 Å². The van der Waals surface area contributed by atoms with Crippen molar-refractivity contribution in [3.05, 3.63) is 71.2 Å². The van der Waals surface area contributed by atoms with E-state index in [1.165, 1.54) is 11.1 Å². The van der Waals surface area contributed by atoms with Crippen LogP contribution in [-0.4, -0.2) is 23.2 Å². The molecule has 2 aromatic carbocycles. The van der Waals surface area contributed by atoms with Gasteiger partial charge in [0.15, 0.2) is 5.75 Å². The van der Waals surface area contributed by atoms with Crippen LogP contribution in [0.25, 0.3) is 10.9 Å². The van der Waals surface area contributed by atoms with Crippen LogP contribution in [0.15, 0.2) is 48.7 Å². The molecule has 0 aliphatic carbocycles. The normalized spacial score (nSPS) is 14.4. The van der Waals surface area contributed by atoms with Gasteiger partial charge in [-0.05, 0) is 37.1 Å². The highest BCUT2D eigenvalue weighted by Gasteiger charge is 2.22. The van der Waals surface area contributed by atoms with Crippen LogP contribution in [0.5, 0.6) is 5.75 Å². The molecular formula is C20H19FN2O. The first-order chi connectivity index (χ1) is 11.7. The number of halogens is 1. The van der Waals surface area contributed by atoms with Gasteiger partial charge in [0.1, 0.15) is 18.1 Å². The first kappa shape index (κ1) is 15.1. The van der Waals surface area contributed by atoms with Gasteiger partial charge in [0.2, 0.25) is 0 Å². The Morgan fingerprint density at radius 1 is 1.21 bits per heavy atom. The van der Waals surface area contributed by atoms with Gasteiger partial charge >= 0.3 is 0 Å². The summed E-state index contributed by atoms with van der Waals surface area (Å²) in [5.74, 6) is 0.486. The molecule has 1 aliphatic rings. The maximum absolute atomic E-state index is 14.3. The zero-order valence-electron chi connectivity index (χ0n) is 13.6. The molecule has 1 aliphatic heterocycles. The Labute approximate surface area is 140 Å². The number of hydrogen-bond acceptors (Lipinski definition) is 3. The average molecular weight is 322 g/mol. The highest BCUT2D eigenvalue weighted by Crippen LogP contribution is 2.33. The minimum Gasteiger partial charge on any atom is -0.475 e. The molecule has 0 spiro atoms. The Balaban J connectivity index is 1.52. The number of fused-ring (bicyclic) bond motifs is 3. The number of pyridine rings is 1. The van der Waals surface area contributed by atoms with Crippen LogP contribution in [0.3, 0.4) is 0 Å². The van der Waals surface area contributed by atoms with E-state index >= 15 is 0 Å². The van der Waals surface area contributed by atoms with Gasteiger partial charge < -0.3 is 4.74 Å². The third kappa shape index (κ3) is 2.85. The predicted octanol–water partition coefficient (Wildman–Crippen LogP) is 4.08. The number of nitrogens with zero attached hydrogens (tertiary/aromatic N) is 2. The van der Waals surface area contributed by atoms with Crippen molar-refractivity contribution in [2.45, 2.75) is 19.9 Å². The lowest BCUT2D eigenvalue weighted by Crippen LogP contribution is -2.33. The van der Waals surface area contributed by atoms with Gasteiger partial charge in [0.05, 0.1) is 0 Å². The van der Waals surface area contributed by atoms with Gasteiger partial charge in [0, 0.05) is 30.2 Å². The molecule has 0 fully saturated rings. The number of aryl methyl sites for hydroxylation is 1. The number of hydrogen-bond donors (Lipinski definition) is 0. The van der Waals surface area contributed by atoms with E-state index in [4.69, 9.17) is 4.74 Å². The van der Waals surface area contributed by atoms with E-state index in [1.807, 2.05) is 0 Å². The molecule has 3 nitrogen and oxygen atoms in total. The molecule has 4 rings (SSSR count). The summed E-state index contributed by atoms with van der Waals surface area (Å²) in [7, 11) is 0. The van der Waals surface area contributed by atoms with E-state index in [1.54, 1.807) is 24.4 Å². The number of benzene rings is 2. The molecule has 4 heteroatoms. The quantitative estimate of drug-likeness (QED) is 0.726. The molecule has 0 saturated carbocycles. The molecule has 0 radical (unpaired) electrons. The lowest BCUT2D eigenvalue weighted by molar-refractivity contribution is 0.0978. The van der Waals surface area contributed by atoms with Gasteiger partial charge in [-0.2, -0.15) is 0 Å². The smallest absolute Gasteiger partial charge is 0.152 e. The predicted molar refractivity (Wildman–Crippen MR) is 92.5 cm³/mol. The van der Waals surface area contributed by atoms with Gasteiger partial charge in [-0.15, -0.1) is 0 Å². The first-order valence-corrected chi connectivity index (χ1v) is 8.17. The molecule has 3 aromatic rings. The highest BCUT2D eigenvalue weighted by atomic mass is 19.1. The molecular weight excluding hydrogens is 303 g/mol. The van der Waals surface area contributed by atoms with Crippen molar-refractivity contribution < 1.29 is 9.13 Å². The topological polar surface area (TPSA) is 25.4 Å². The van der Waals surface area contributed by atoms with Crippen LogP contribution in [-0.2, 0) is 13.0 Å². The molecule has 1 aromatic heterocycles. The maximum Gasteiger partial charge on any atom is 0.152 e. The van der Waals surface area contributed by atoms with Crippen LogP contribution >= 0.6 is 0 Å². The van der Waals surface area contributed by atoms with Crippen LogP contribution in [0, 0.1) is 12.7 Å². The average Bonchev–Trinajstić information content (AvgIpc) is 2.61. The standard InChI is InChI=1S/C20H19FN2O/c1-14-4-6-15(7-5-14)8-10-23-12-16-11-18(21)17-3-2-9-22-19(17)20(16)24-13-23/h2-7,9,11H,8,10,12-13H2,1H3. The highest BCUT2D eigenvalue weighted by molar-refractivity contribution is 5.86. The second-order valence-electron chi connectivity index (χ2n) is 6.31. The van der Waals surface area contributed by atoms with Crippen LogP contribution < -0.4 is 4.74 Å². The van der Waals surface area contributed by atoms with E-state index in [0.29, 0.717) is 24.2 Å². The van der Waals surface area contributed by atoms with E-state index in [9.17, 15) is 4.39 Å². The summed E-state index contributed by atoms with van der Waals surface area (Å²) in [6.07, 6.45) is 2.63. The van der Waals surface area contributed by atoms with E-state index in [-0.39, 0.29) is 5.82 Å². The van der Waals surface area contributed by atoms with Crippen molar-refractivity contribution >= 4 is 10.9 Å². The molecule has 24 heavy (non-hydrogen) atoms. The summed E-state index contributed by atoms with van der Waals surface area (Å²) >= 11 is 0. The lowest BCUT2D eigenvalue weighted by Gasteiger charge is -2.29. The van der Waals surface area contributed by atoms with E-state index in [0.717, 1.165) is 24.3 Å². The second kappa shape index (κ2) is 6.21. The number of ether oxygens (including phenoxy) is 1. The summed E-state index contributed by atoms with van der Waals surface area (Å²) in [6, 6.07) is 13.6. The minimum absolute atomic E-state index is 0.235. The summed E-state index contributed by atoms with van der Waals surface area (Å²) in [5, 5.41) is 0.518. The zero-order chi connectivity index (χ0) is 16.5. The Morgan fingerprint density at radius 2 is 2.04 bits per heavy atom. The van der Waals surface area contributed by atoms with Crippen molar-refractivity contribution in [3.63, 3.8) is 0 Å². The van der Waals surface area contributed by atoms with Crippen molar-refractivity contribution in [3.8, 4) is 5.75 Å². The van der Waals surface area contributed by atoms with Crippen molar-refractivity contribution in [2.75, 3.05) is 13.3 Å². The molecule has 0 atom stereocenters. The molecule has 0 bridgehead atoms. The SMILES string of the molecule is Cc1ccc(CCN2COc3c(cc(F)c4cccnc34)C2)cc1. The van der Waals surface area contributed by atoms with E-state index < -0.39 is 0 Å². The molecule has 0 saturated heterocycles. The Morgan fingerprint density at radius 3 is 2.88 bits per heavy atom. The molecule has 0 N–H and O–H groups in total. The van der Waals surface area contributed by atoms with Crippen molar-refractivity contribution in [1.82, 2.24) is 9.88 Å². The van der Waals surface area contributed by atoms with Gasteiger partial charge in [-0.3, -0.25) is 9.88 Å². The van der Waals surface area contributed by atoms with Gasteiger partial charge in [-0.1, -0.05) is 29.8 Å². The molecule has 0 amide bonds.